The van der Waals surface area contributed by atoms with E-state index in [4.69, 9.17) is 0 Å². The van der Waals surface area contributed by atoms with Gasteiger partial charge in [0.2, 0.25) is 0 Å². The number of rotatable bonds is 1. The van der Waals surface area contributed by atoms with E-state index >= 15 is 0 Å². The normalized spacial score (nSPS) is 41.7. The van der Waals surface area contributed by atoms with E-state index in [1.54, 1.807) is 0 Å². The van der Waals surface area contributed by atoms with Gasteiger partial charge in [-0.2, -0.15) is 5.26 Å². The average Bonchev–Trinajstić information content (AvgIpc) is 2.96. The number of hydrogen-bond donors (Lipinski definition) is 0. The van der Waals surface area contributed by atoms with Crippen molar-refractivity contribution in [3.05, 3.63) is 35.4 Å². The van der Waals surface area contributed by atoms with Gasteiger partial charge < -0.3 is 4.90 Å². The van der Waals surface area contributed by atoms with E-state index in [0.29, 0.717) is 5.92 Å². The second-order valence-corrected chi connectivity index (χ2v) is 7.87. The molecule has 4 rings (SSSR count). The molecule has 22 heavy (non-hydrogen) atoms. The maximum Gasteiger partial charge on any atom is 0.255 e. The van der Waals surface area contributed by atoms with Gasteiger partial charge in [0.1, 0.15) is 5.54 Å². The van der Waals surface area contributed by atoms with Crippen LogP contribution in [0.25, 0.3) is 0 Å². The minimum Gasteiger partial charge on any atom is -0.319 e. The van der Waals surface area contributed by atoms with Crippen LogP contribution in [0.5, 0.6) is 0 Å². The summed E-state index contributed by atoms with van der Waals surface area (Å²) in [6.07, 6.45) is 3.14. The third-order valence-corrected chi connectivity index (χ3v) is 7.36. The van der Waals surface area contributed by atoms with Crippen molar-refractivity contribution >= 4 is 5.91 Å². The predicted octanol–water partition coefficient (Wildman–Crippen LogP) is 3.54. The molecule has 1 heterocycles. The fraction of sp³-hybridized carbons (Fsp3) is 0.579. The molecule has 0 aromatic heterocycles. The standard InChI is InChI=1S/C19H22N2O/c1-13-6-4-5-7-15(13)16(22)21-12-17(2)14-8-9-18(17,3)19(21,10-14)11-20/h4-7,14H,8-10,12H2,1-3H3/t14-,17-,18-,19+/m0/s1. The number of amides is 1. The number of piperidine rings is 1. The molecule has 3 heteroatoms. The molecule has 1 amide bonds. The number of nitriles is 1. The molecule has 1 aromatic carbocycles. The summed E-state index contributed by atoms with van der Waals surface area (Å²) < 4.78 is 0. The second-order valence-electron chi connectivity index (χ2n) is 7.87. The highest BCUT2D eigenvalue weighted by Gasteiger charge is 2.78. The molecular formula is C19H22N2O. The number of likely N-dealkylation sites (tertiary alicyclic amines) is 1. The zero-order valence-electron chi connectivity index (χ0n) is 13.5. The lowest BCUT2D eigenvalue weighted by molar-refractivity contribution is 0.0429. The van der Waals surface area contributed by atoms with E-state index < -0.39 is 5.54 Å². The van der Waals surface area contributed by atoms with Crippen LogP contribution in [-0.2, 0) is 0 Å². The van der Waals surface area contributed by atoms with Crippen molar-refractivity contribution in [1.29, 1.82) is 5.26 Å². The van der Waals surface area contributed by atoms with Gasteiger partial charge in [-0.15, -0.1) is 0 Å². The summed E-state index contributed by atoms with van der Waals surface area (Å²) in [6, 6.07) is 10.3. The van der Waals surface area contributed by atoms with Gasteiger partial charge in [-0.3, -0.25) is 4.79 Å². The van der Waals surface area contributed by atoms with Crippen LogP contribution in [0, 0.1) is 35.0 Å². The van der Waals surface area contributed by atoms with E-state index in [9.17, 15) is 10.1 Å². The summed E-state index contributed by atoms with van der Waals surface area (Å²) in [6.45, 7) is 7.24. The van der Waals surface area contributed by atoms with Gasteiger partial charge in [-0.25, -0.2) is 0 Å². The van der Waals surface area contributed by atoms with E-state index in [1.807, 2.05) is 36.1 Å². The minimum absolute atomic E-state index is 0.0370. The Kier molecular flexibility index (Phi) is 2.47. The van der Waals surface area contributed by atoms with Crippen molar-refractivity contribution in [1.82, 2.24) is 4.90 Å². The molecule has 2 saturated carbocycles. The molecule has 4 atom stereocenters. The van der Waals surface area contributed by atoms with Crippen LogP contribution in [0.2, 0.25) is 0 Å². The Bertz CT molecular complexity index is 720. The molecule has 4 bridgehead atoms. The van der Waals surface area contributed by atoms with E-state index in [-0.39, 0.29) is 16.7 Å². The smallest absolute Gasteiger partial charge is 0.255 e. The molecular weight excluding hydrogens is 272 g/mol. The predicted molar refractivity (Wildman–Crippen MR) is 84.1 cm³/mol. The van der Waals surface area contributed by atoms with Crippen molar-refractivity contribution in [2.75, 3.05) is 6.54 Å². The lowest BCUT2D eigenvalue weighted by Gasteiger charge is -2.43. The molecule has 3 fully saturated rings. The van der Waals surface area contributed by atoms with Crippen molar-refractivity contribution in [3.63, 3.8) is 0 Å². The molecule has 3 nitrogen and oxygen atoms in total. The van der Waals surface area contributed by atoms with E-state index in [2.05, 4.69) is 19.9 Å². The summed E-state index contributed by atoms with van der Waals surface area (Å²) in [5, 5.41) is 10.0. The Morgan fingerprint density at radius 3 is 2.73 bits per heavy atom. The first-order valence-corrected chi connectivity index (χ1v) is 8.18. The molecule has 114 valence electrons. The largest absolute Gasteiger partial charge is 0.319 e. The topological polar surface area (TPSA) is 44.1 Å². The molecule has 1 aliphatic heterocycles. The van der Waals surface area contributed by atoms with Crippen molar-refractivity contribution in [2.24, 2.45) is 16.7 Å². The number of nitrogens with zero attached hydrogens (tertiary/aromatic N) is 2. The number of carbonyl (C=O) groups excluding carboxylic acids is 1. The zero-order chi connectivity index (χ0) is 15.8. The number of carbonyl (C=O) groups is 1. The van der Waals surface area contributed by atoms with E-state index in [0.717, 1.165) is 30.5 Å². The van der Waals surface area contributed by atoms with Gasteiger partial charge >= 0.3 is 0 Å². The highest BCUT2D eigenvalue weighted by Crippen LogP contribution is 2.75. The highest BCUT2D eigenvalue weighted by atomic mass is 16.2. The van der Waals surface area contributed by atoms with Crippen LogP contribution >= 0.6 is 0 Å². The van der Waals surface area contributed by atoms with Gasteiger partial charge in [0, 0.05) is 17.5 Å². The van der Waals surface area contributed by atoms with Crippen LogP contribution in [0.1, 0.15) is 49.0 Å². The fourth-order valence-electron chi connectivity index (χ4n) is 5.71. The van der Waals surface area contributed by atoms with Crippen molar-refractivity contribution in [2.45, 2.75) is 45.6 Å². The summed E-state index contributed by atoms with van der Waals surface area (Å²) in [7, 11) is 0. The Morgan fingerprint density at radius 2 is 2.09 bits per heavy atom. The number of benzene rings is 1. The zero-order valence-corrected chi connectivity index (χ0v) is 13.5. The van der Waals surface area contributed by atoms with E-state index in [1.165, 1.54) is 6.42 Å². The molecule has 0 unspecified atom stereocenters. The summed E-state index contributed by atoms with van der Waals surface area (Å²) in [5.74, 6) is 0.632. The molecule has 0 spiro atoms. The molecule has 2 aliphatic carbocycles. The Hall–Kier alpha value is -1.82. The molecule has 0 radical (unpaired) electrons. The quantitative estimate of drug-likeness (QED) is 0.795. The summed E-state index contributed by atoms with van der Waals surface area (Å²) in [5.41, 5.74) is 1.17. The third-order valence-electron chi connectivity index (χ3n) is 7.36. The van der Waals surface area contributed by atoms with Crippen LogP contribution in [-0.4, -0.2) is 22.9 Å². The molecule has 0 N–H and O–H groups in total. The maximum absolute atomic E-state index is 13.2. The number of aryl methyl sites for hydroxylation is 1. The van der Waals surface area contributed by atoms with Crippen LogP contribution in [0.4, 0.5) is 0 Å². The fourth-order valence-corrected chi connectivity index (χ4v) is 5.71. The first-order valence-electron chi connectivity index (χ1n) is 8.18. The van der Waals surface area contributed by atoms with Crippen LogP contribution < -0.4 is 0 Å². The minimum atomic E-state index is -0.607. The lowest BCUT2D eigenvalue weighted by atomic mass is 9.66. The first-order chi connectivity index (χ1) is 10.4. The van der Waals surface area contributed by atoms with Crippen LogP contribution in [0.3, 0.4) is 0 Å². The van der Waals surface area contributed by atoms with Crippen LogP contribution in [0.15, 0.2) is 24.3 Å². The molecule has 1 aromatic rings. The molecule has 1 saturated heterocycles. The van der Waals surface area contributed by atoms with Crippen molar-refractivity contribution < 1.29 is 4.79 Å². The van der Waals surface area contributed by atoms with Gasteiger partial charge in [0.05, 0.1) is 6.07 Å². The van der Waals surface area contributed by atoms with Gasteiger partial charge in [0.15, 0.2) is 0 Å². The number of hydrogen-bond acceptors (Lipinski definition) is 2. The maximum atomic E-state index is 13.2. The lowest BCUT2D eigenvalue weighted by Crippen LogP contribution is -2.54. The third kappa shape index (κ3) is 1.23. The monoisotopic (exact) mass is 294 g/mol. The van der Waals surface area contributed by atoms with Gasteiger partial charge in [-0.05, 0) is 49.1 Å². The van der Waals surface area contributed by atoms with Gasteiger partial charge in [-0.1, -0.05) is 32.0 Å². The Labute approximate surface area is 131 Å². The average molecular weight is 294 g/mol. The highest BCUT2D eigenvalue weighted by molar-refractivity contribution is 5.97. The Morgan fingerprint density at radius 1 is 1.36 bits per heavy atom. The van der Waals surface area contributed by atoms with Crippen molar-refractivity contribution in [3.8, 4) is 6.07 Å². The van der Waals surface area contributed by atoms with Gasteiger partial charge in [0.25, 0.3) is 5.91 Å². The Balaban J connectivity index is 1.82. The summed E-state index contributed by atoms with van der Waals surface area (Å²) >= 11 is 0. The second kappa shape index (κ2) is 3.93. The summed E-state index contributed by atoms with van der Waals surface area (Å²) in [4.78, 5) is 15.1. The molecule has 3 aliphatic rings. The first kappa shape index (κ1) is 13.8. The SMILES string of the molecule is Cc1ccccc1C(=O)N1C[C@@]2(C)[C@H]3CC[C@]2(C)[C@]1(C#N)C3.